The summed E-state index contributed by atoms with van der Waals surface area (Å²) in [6, 6.07) is 0.854. The van der Waals surface area contributed by atoms with Crippen LogP contribution in [0.25, 0.3) is 0 Å². The molecule has 1 unspecified atom stereocenters. The monoisotopic (exact) mass is 368 g/mol. The molecule has 2 saturated heterocycles. The van der Waals surface area contributed by atoms with Gasteiger partial charge in [-0.2, -0.15) is 11.8 Å². The van der Waals surface area contributed by atoms with Gasteiger partial charge in [0.25, 0.3) is 0 Å². The average molecular weight is 369 g/mol. The van der Waals surface area contributed by atoms with Crippen molar-refractivity contribution >= 4 is 17.7 Å². The SMILES string of the molecule is CSCCC(=O)N(CC1CCN(C2CCCC2)CC1)CC1CCCO1. The smallest absolute Gasteiger partial charge is 0.223 e. The van der Waals surface area contributed by atoms with E-state index in [1.807, 2.05) is 0 Å². The number of carbonyl (C=O) groups excluding carboxylic acids is 1. The van der Waals surface area contributed by atoms with Crippen LogP contribution in [0.3, 0.4) is 0 Å². The Labute approximate surface area is 158 Å². The summed E-state index contributed by atoms with van der Waals surface area (Å²) >= 11 is 1.77. The largest absolute Gasteiger partial charge is 0.376 e. The molecule has 2 aliphatic heterocycles. The van der Waals surface area contributed by atoms with Crippen molar-refractivity contribution in [1.82, 2.24) is 9.80 Å². The molecule has 0 spiro atoms. The fraction of sp³-hybridized carbons (Fsp3) is 0.950. The Bertz CT molecular complexity index is 401. The highest BCUT2D eigenvalue weighted by Crippen LogP contribution is 2.28. The van der Waals surface area contributed by atoms with Gasteiger partial charge < -0.3 is 14.5 Å². The zero-order chi connectivity index (χ0) is 17.5. The topological polar surface area (TPSA) is 32.8 Å². The maximum absolute atomic E-state index is 12.7. The van der Waals surface area contributed by atoms with Crippen molar-refractivity contribution in [2.45, 2.75) is 69.9 Å². The number of thioether (sulfide) groups is 1. The van der Waals surface area contributed by atoms with E-state index in [-0.39, 0.29) is 6.10 Å². The molecule has 4 nitrogen and oxygen atoms in total. The Morgan fingerprint density at radius 3 is 2.48 bits per heavy atom. The summed E-state index contributed by atoms with van der Waals surface area (Å²) in [6.45, 7) is 5.11. The molecule has 25 heavy (non-hydrogen) atoms. The Morgan fingerprint density at radius 1 is 1.08 bits per heavy atom. The van der Waals surface area contributed by atoms with E-state index in [0.29, 0.717) is 18.2 Å². The molecule has 0 bridgehead atoms. The van der Waals surface area contributed by atoms with Crippen LogP contribution < -0.4 is 0 Å². The van der Waals surface area contributed by atoms with Gasteiger partial charge in [-0.05, 0) is 63.8 Å². The second-order valence-electron chi connectivity index (χ2n) is 8.09. The molecule has 2 heterocycles. The maximum atomic E-state index is 12.7. The number of hydrogen-bond donors (Lipinski definition) is 0. The molecule has 1 saturated carbocycles. The molecule has 144 valence electrons. The fourth-order valence-corrected chi connectivity index (χ4v) is 5.12. The zero-order valence-corrected chi connectivity index (χ0v) is 16.8. The van der Waals surface area contributed by atoms with Crippen LogP contribution in [0.4, 0.5) is 0 Å². The Hall–Kier alpha value is -0.260. The number of ether oxygens (including phenoxy) is 1. The first-order chi connectivity index (χ1) is 12.3. The van der Waals surface area contributed by atoms with E-state index >= 15 is 0 Å². The lowest BCUT2D eigenvalue weighted by Crippen LogP contribution is -2.45. The second kappa shape index (κ2) is 10.2. The summed E-state index contributed by atoms with van der Waals surface area (Å²) in [5.41, 5.74) is 0. The van der Waals surface area contributed by atoms with Crippen molar-refractivity contribution in [2.75, 3.05) is 44.8 Å². The normalized spacial score (nSPS) is 26.4. The first-order valence-electron chi connectivity index (χ1n) is 10.4. The summed E-state index contributed by atoms with van der Waals surface area (Å²) in [7, 11) is 0. The molecular weight excluding hydrogens is 332 g/mol. The number of piperidine rings is 1. The molecule has 3 fully saturated rings. The van der Waals surface area contributed by atoms with Gasteiger partial charge in [0, 0.05) is 37.9 Å². The first-order valence-corrected chi connectivity index (χ1v) is 11.8. The van der Waals surface area contributed by atoms with Crippen LogP contribution >= 0.6 is 11.8 Å². The third kappa shape index (κ3) is 5.86. The van der Waals surface area contributed by atoms with Crippen LogP contribution in [0, 0.1) is 5.92 Å². The molecule has 0 aromatic rings. The quantitative estimate of drug-likeness (QED) is 0.657. The van der Waals surface area contributed by atoms with Gasteiger partial charge in [-0.1, -0.05) is 12.8 Å². The van der Waals surface area contributed by atoms with Crippen molar-refractivity contribution < 1.29 is 9.53 Å². The molecule has 0 aromatic heterocycles. The van der Waals surface area contributed by atoms with Gasteiger partial charge >= 0.3 is 0 Å². The van der Waals surface area contributed by atoms with Crippen LogP contribution in [0.15, 0.2) is 0 Å². The number of carbonyl (C=O) groups is 1. The number of rotatable bonds is 8. The van der Waals surface area contributed by atoms with E-state index in [2.05, 4.69) is 16.1 Å². The van der Waals surface area contributed by atoms with E-state index in [1.54, 1.807) is 11.8 Å². The molecule has 0 radical (unpaired) electrons. The minimum absolute atomic E-state index is 0.275. The maximum Gasteiger partial charge on any atom is 0.223 e. The molecule has 1 aliphatic carbocycles. The predicted molar refractivity (Wildman–Crippen MR) is 105 cm³/mol. The van der Waals surface area contributed by atoms with Crippen LogP contribution in [0.1, 0.15) is 57.8 Å². The summed E-state index contributed by atoms with van der Waals surface area (Å²) in [4.78, 5) is 17.6. The number of amides is 1. The lowest BCUT2D eigenvalue weighted by Gasteiger charge is -2.38. The Morgan fingerprint density at radius 2 is 1.84 bits per heavy atom. The van der Waals surface area contributed by atoms with Gasteiger partial charge in [-0.15, -0.1) is 0 Å². The van der Waals surface area contributed by atoms with Crippen molar-refractivity contribution in [2.24, 2.45) is 5.92 Å². The van der Waals surface area contributed by atoms with Gasteiger partial charge in [-0.25, -0.2) is 0 Å². The lowest BCUT2D eigenvalue weighted by molar-refractivity contribution is -0.133. The minimum atomic E-state index is 0.275. The van der Waals surface area contributed by atoms with Gasteiger partial charge in [0.05, 0.1) is 6.10 Å². The molecular formula is C20H36N2O2S. The van der Waals surface area contributed by atoms with E-state index in [4.69, 9.17) is 4.74 Å². The highest BCUT2D eigenvalue weighted by molar-refractivity contribution is 7.98. The van der Waals surface area contributed by atoms with Crippen molar-refractivity contribution in [1.29, 1.82) is 0 Å². The van der Waals surface area contributed by atoms with Crippen molar-refractivity contribution in [3.8, 4) is 0 Å². The summed E-state index contributed by atoms with van der Waals surface area (Å²) in [5, 5.41) is 0. The standard InChI is InChI=1S/C20H36N2O2S/c1-25-14-10-20(23)22(16-19-7-4-13-24-19)15-17-8-11-21(12-9-17)18-5-2-3-6-18/h17-19H,2-16H2,1H3. The minimum Gasteiger partial charge on any atom is -0.376 e. The van der Waals surface area contributed by atoms with Crippen LogP contribution in [0.2, 0.25) is 0 Å². The number of hydrogen-bond acceptors (Lipinski definition) is 4. The average Bonchev–Trinajstić information content (AvgIpc) is 3.33. The highest BCUT2D eigenvalue weighted by atomic mass is 32.2. The van der Waals surface area contributed by atoms with E-state index in [1.165, 1.54) is 51.6 Å². The number of likely N-dealkylation sites (tertiary alicyclic amines) is 1. The van der Waals surface area contributed by atoms with Crippen molar-refractivity contribution in [3.63, 3.8) is 0 Å². The van der Waals surface area contributed by atoms with Gasteiger partial charge in [0.1, 0.15) is 0 Å². The molecule has 5 heteroatoms. The summed E-state index contributed by atoms with van der Waals surface area (Å²) in [5.74, 6) is 1.95. The molecule has 1 amide bonds. The third-order valence-electron chi connectivity index (χ3n) is 6.29. The Kier molecular flexibility index (Phi) is 7.93. The van der Waals surface area contributed by atoms with E-state index in [9.17, 15) is 4.79 Å². The van der Waals surface area contributed by atoms with E-state index in [0.717, 1.165) is 44.3 Å². The highest BCUT2D eigenvalue weighted by Gasteiger charge is 2.30. The third-order valence-corrected chi connectivity index (χ3v) is 6.90. The van der Waals surface area contributed by atoms with Crippen LogP contribution in [-0.4, -0.2) is 72.6 Å². The van der Waals surface area contributed by atoms with Gasteiger partial charge in [0.15, 0.2) is 0 Å². The summed E-state index contributed by atoms with van der Waals surface area (Å²) < 4.78 is 5.80. The van der Waals surface area contributed by atoms with E-state index < -0.39 is 0 Å². The lowest BCUT2D eigenvalue weighted by atomic mass is 9.94. The van der Waals surface area contributed by atoms with Gasteiger partial charge in [-0.3, -0.25) is 4.79 Å². The fourth-order valence-electron chi connectivity index (χ4n) is 4.74. The first kappa shape index (κ1) is 19.5. The Balaban J connectivity index is 1.47. The molecule has 1 atom stereocenters. The molecule has 3 aliphatic rings. The molecule has 3 rings (SSSR count). The zero-order valence-electron chi connectivity index (χ0n) is 16.0. The van der Waals surface area contributed by atoms with Crippen LogP contribution in [0.5, 0.6) is 0 Å². The molecule has 0 aromatic carbocycles. The van der Waals surface area contributed by atoms with Gasteiger partial charge in [0.2, 0.25) is 5.91 Å². The van der Waals surface area contributed by atoms with Crippen molar-refractivity contribution in [3.05, 3.63) is 0 Å². The van der Waals surface area contributed by atoms with Crippen LogP contribution in [-0.2, 0) is 9.53 Å². The predicted octanol–water partition coefficient (Wildman–Crippen LogP) is 3.40. The number of nitrogens with zero attached hydrogens (tertiary/aromatic N) is 2. The molecule has 0 N–H and O–H groups in total. The second-order valence-corrected chi connectivity index (χ2v) is 9.08. The summed E-state index contributed by atoms with van der Waals surface area (Å²) in [6.07, 6.45) is 13.5.